The van der Waals surface area contributed by atoms with Crippen LogP contribution in [0, 0.1) is 6.92 Å². The Hall–Kier alpha value is -9.26. The summed E-state index contributed by atoms with van der Waals surface area (Å²) in [6.07, 6.45) is 0. The van der Waals surface area contributed by atoms with Gasteiger partial charge >= 0.3 is 0 Å². The van der Waals surface area contributed by atoms with Gasteiger partial charge in [0.25, 0.3) is 0 Å². The number of anilines is 6. The van der Waals surface area contributed by atoms with Crippen molar-refractivity contribution in [1.29, 1.82) is 0 Å². The molecule has 0 amide bonds. The smallest absolute Gasteiger partial charge is 0.142 e. The van der Waals surface area contributed by atoms with Crippen molar-refractivity contribution in [1.82, 2.24) is 0 Å². The van der Waals surface area contributed by atoms with Gasteiger partial charge in [-0.15, -0.1) is 0 Å². The normalized spacial score (nSPS) is 12.1. The predicted molar refractivity (Wildman–Crippen MR) is 285 cm³/mol. The van der Waals surface area contributed by atoms with E-state index >= 15 is 0 Å². The molecule has 69 heavy (non-hydrogen) atoms. The first-order valence-electron chi connectivity index (χ1n) is 23.3. The van der Waals surface area contributed by atoms with E-state index in [0.29, 0.717) is 0 Å². The van der Waals surface area contributed by atoms with Crippen molar-refractivity contribution < 1.29 is 17.7 Å². The molecule has 0 fully saturated rings. The first-order valence-corrected chi connectivity index (χ1v) is 23.3. The molecule has 11 aromatic carbocycles. The highest BCUT2D eigenvalue weighted by Gasteiger charge is 2.22. The van der Waals surface area contributed by atoms with E-state index in [-0.39, 0.29) is 0 Å². The molecule has 0 aliphatic heterocycles. The van der Waals surface area contributed by atoms with Crippen LogP contribution >= 0.6 is 0 Å². The van der Waals surface area contributed by atoms with E-state index in [1.807, 2.05) is 24.3 Å². The van der Waals surface area contributed by atoms with Gasteiger partial charge in [-0.2, -0.15) is 0 Å². The quantitative estimate of drug-likeness (QED) is 0.166. The minimum atomic E-state index is 0.839. The molecule has 15 rings (SSSR count). The molecule has 0 bridgehead atoms. The van der Waals surface area contributed by atoms with Crippen molar-refractivity contribution >= 4 is 143 Å². The van der Waals surface area contributed by atoms with Crippen molar-refractivity contribution in [3.05, 3.63) is 218 Å². The summed E-state index contributed by atoms with van der Waals surface area (Å²) in [5.74, 6) is 0. The Bertz CT molecular complexity index is 4290. The van der Waals surface area contributed by atoms with Crippen LogP contribution in [0.4, 0.5) is 34.1 Å². The lowest BCUT2D eigenvalue weighted by Crippen LogP contribution is -2.09. The summed E-state index contributed by atoms with van der Waals surface area (Å²) >= 11 is 0. The molecule has 4 aromatic heterocycles. The van der Waals surface area contributed by atoms with Crippen molar-refractivity contribution in [2.75, 3.05) is 9.80 Å². The third-order valence-corrected chi connectivity index (χ3v) is 14.1. The zero-order valence-corrected chi connectivity index (χ0v) is 37.2. The van der Waals surface area contributed by atoms with E-state index in [9.17, 15) is 0 Å². The lowest BCUT2D eigenvalue weighted by molar-refractivity contribution is 0.651. The third-order valence-electron chi connectivity index (χ3n) is 14.1. The van der Waals surface area contributed by atoms with Crippen LogP contribution in [0.15, 0.2) is 230 Å². The van der Waals surface area contributed by atoms with E-state index in [1.54, 1.807) is 0 Å². The second-order valence-electron chi connectivity index (χ2n) is 18.1. The summed E-state index contributed by atoms with van der Waals surface area (Å²) in [4.78, 5) is 4.61. The van der Waals surface area contributed by atoms with E-state index < -0.39 is 0 Å². The summed E-state index contributed by atoms with van der Waals surface area (Å²) in [6, 6.07) is 74.9. The summed E-state index contributed by atoms with van der Waals surface area (Å²) < 4.78 is 26.0. The highest BCUT2D eigenvalue weighted by atomic mass is 16.3. The van der Waals surface area contributed by atoms with Gasteiger partial charge in [-0.1, -0.05) is 84.9 Å². The number of para-hydroxylation sites is 4. The van der Waals surface area contributed by atoms with Gasteiger partial charge in [-0.05, 0) is 156 Å². The number of benzene rings is 11. The molecule has 0 unspecified atom stereocenters. The summed E-state index contributed by atoms with van der Waals surface area (Å²) in [5.41, 5.74) is 14.2. The van der Waals surface area contributed by atoms with E-state index in [0.717, 1.165) is 149 Å². The first kappa shape index (κ1) is 37.9. The zero-order chi connectivity index (χ0) is 45.3. The van der Waals surface area contributed by atoms with Crippen LogP contribution in [0.5, 0.6) is 0 Å². The van der Waals surface area contributed by atoms with Gasteiger partial charge in [0.1, 0.15) is 44.7 Å². The monoisotopic (exact) mass is 886 g/mol. The number of aryl methyl sites for hydroxylation is 1. The largest absolute Gasteiger partial charge is 0.456 e. The van der Waals surface area contributed by atoms with Crippen molar-refractivity contribution in [2.24, 2.45) is 0 Å². The third kappa shape index (κ3) is 5.79. The van der Waals surface area contributed by atoms with Crippen molar-refractivity contribution in [2.45, 2.75) is 6.92 Å². The zero-order valence-electron chi connectivity index (χ0n) is 37.2. The van der Waals surface area contributed by atoms with Crippen LogP contribution in [-0.4, -0.2) is 0 Å². The minimum Gasteiger partial charge on any atom is -0.456 e. The molecule has 0 saturated heterocycles. The molecule has 6 nitrogen and oxygen atoms in total. The SMILES string of the molecule is Cc1c2oc3cc4cc(N(c5ccccc5)c5ccc6oc7ccccc7c6c5)ccc4cc3c2cc2c1oc1cc3cc(N(c4ccccc4)c4ccc5oc6ccccc6c5c4)ccc3cc12. The molecule has 0 aliphatic rings. The highest BCUT2D eigenvalue weighted by Crippen LogP contribution is 2.45. The molecular formula is C63H38N2O4. The fourth-order valence-electron chi connectivity index (χ4n) is 10.8. The van der Waals surface area contributed by atoms with Gasteiger partial charge in [0.2, 0.25) is 0 Å². The van der Waals surface area contributed by atoms with Gasteiger partial charge in [0.05, 0.1) is 0 Å². The van der Waals surface area contributed by atoms with Gasteiger partial charge in [-0.25, -0.2) is 0 Å². The molecule has 0 radical (unpaired) electrons. The van der Waals surface area contributed by atoms with Crippen LogP contribution in [0.1, 0.15) is 5.56 Å². The Morgan fingerprint density at radius 1 is 0.246 bits per heavy atom. The number of fused-ring (bicyclic) bond motifs is 14. The molecule has 6 heteroatoms. The predicted octanol–water partition coefficient (Wildman–Crippen LogP) is 18.8. The van der Waals surface area contributed by atoms with Crippen LogP contribution < -0.4 is 9.80 Å². The van der Waals surface area contributed by atoms with Crippen LogP contribution in [0.2, 0.25) is 0 Å². The van der Waals surface area contributed by atoms with E-state index in [2.05, 4.69) is 205 Å². The number of furan rings is 4. The second-order valence-corrected chi connectivity index (χ2v) is 18.1. The molecular weight excluding hydrogens is 849 g/mol. The van der Waals surface area contributed by atoms with E-state index in [4.69, 9.17) is 17.7 Å². The van der Waals surface area contributed by atoms with Crippen LogP contribution in [0.3, 0.4) is 0 Å². The topological polar surface area (TPSA) is 59.0 Å². The minimum absolute atomic E-state index is 0.839. The van der Waals surface area contributed by atoms with Crippen LogP contribution in [0.25, 0.3) is 109 Å². The first-order chi connectivity index (χ1) is 34.1. The van der Waals surface area contributed by atoms with Gasteiger partial charge in [-0.3, -0.25) is 0 Å². The highest BCUT2D eigenvalue weighted by molar-refractivity contribution is 6.20. The summed E-state index contributed by atoms with van der Waals surface area (Å²) in [6.45, 7) is 2.11. The fourth-order valence-corrected chi connectivity index (χ4v) is 10.8. The maximum absolute atomic E-state index is 6.80. The average Bonchev–Trinajstić information content (AvgIpc) is 4.16. The van der Waals surface area contributed by atoms with Crippen LogP contribution in [-0.2, 0) is 0 Å². The molecule has 15 aromatic rings. The molecule has 0 saturated carbocycles. The Balaban J connectivity index is 0.833. The standard InChI is InChI=1S/C63H38N2O4/c1-37-62-54(50-30-38-20-22-44(28-40(38)32-60(50)68-62)64(42-12-4-2-5-13-42)46-24-26-58-52(34-46)48-16-8-10-18-56(48)66-58)36-55-51-31-39-21-23-45(29-41(39)33-61(51)69-63(37)55)65(43-14-6-3-7-15-43)47-25-27-59-53(35-47)49-17-9-11-19-57(49)67-59/h2-36H,1H3. The molecule has 0 atom stereocenters. The average molecular weight is 887 g/mol. The number of hydrogen-bond donors (Lipinski definition) is 0. The summed E-state index contributed by atoms with van der Waals surface area (Å²) in [5, 5.41) is 13.1. The fraction of sp³-hybridized carbons (Fsp3) is 0.0159. The molecule has 4 heterocycles. The van der Waals surface area contributed by atoms with Crippen molar-refractivity contribution in [3.63, 3.8) is 0 Å². The Kier molecular flexibility index (Phi) is 7.89. The Morgan fingerprint density at radius 2 is 0.638 bits per heavy atom. The molecule has 0 spiro atoms. The number of nitrogens with zero attached hydrogens (tertiary/aromatic N) is 2. The maximum atomic E-state index is 6.80. The van der Waals surface area contributed by atoms with Gasteiger partial charge < -0.3 is 27.5 Å². The number of rotatable bonds is 6. The molecule has 0 aliphatic carbocycles. The lowest BCUT2D eigenvalue weighted by Gasteiger charge is -2.26. The Morgan fingerprint density at radius 3 is 1.12 bits per heavy atom. The maximum Gasteiger partial charge on any atom is 0.142 e. The molecule has 0 N–H and O–H groups in total. The lowest BCUT2D eigenvalue weighted by atomic mass is 10.0. The number of hydrogen-bond acceptors (Lipinski definition) is 6. The summed E-state index contributed by atoms with van der Waals surface area (Å²) in [7, 11) is 0. The van der Waals surface area contributed by atoms with Crippen molar-refractivity contribution in [3.8, 4) is 0 Å². The molecule has 324 valence electrons. The van der Waals surface area contributed by atoms with E-state index in [1.165, 1.54) is 0 Å². The van der Waals surface area contributed by atoms with Gasteiger partial charge in [0.15, 0.2) is 0 Å². The second kappa shape index (κ2) is 14.4. The Labute approximate surface area is 394 Å². The van der Waals surface area contributed by atoms with Gasteiger partial charge in [0, 0.05) is 82.8 Å².